The van der Waals surface area contributed by atoms with Gasteiger partial charge < -0.3 is 9.88 Å². The highest BCUT2D eigenvalue weighted by Gasteiger charge is 2.15. The lowest BCUT2D eigenvalue weighted by Crippen LogP contribution is -2.31. The van der Waals surface area contributed by atoms with Gasteiger partial charge in [0.05, 0.1) is 6.54 Å². The zero-order chi connectivity index (χ0) is 10.6. The average molecular weight is 195 g/mol. The summed E-state index contributed by atoms with van der Waals surface area (Å²) in [6, 6.07) is 0. The van der Waals surface area contributed by atoms with Gasteiger partial charge in [-0.3, -0.25) is 4.79 Å². The second kappa shape index (κ2) is 4.79. The molecule has 1 aromatic rings. The average Bonchev–Trinajstić information content (AvgIpc) is 2.68. The maximum absolute atomic E-state index is 11.7. The topological polar surface area (TPSA) is 49.0 Å². The maximum atomic E-state index is 11.7. The van der Waals surface area contributed by atoms with E-state index in [1.807, 2.05) is 13.8 Å². The van der Waals surface area contributed by atoms with E-state index in [1.165, 1.54) is 0 Å². The van der Waals surface area contributed by atoms with Crippen molar-refractivity contribution in [2.45, 2.75) is 26.8 Å². The first-order valence-electron chi connectivity index (χ1n) is 4.88. The number of hydrogen-bond acceptors (Lipinski definition) is 2. The fraction of sp³-hybridized carbons (Fsp3) is 0.600. The Morgan fingerprint density at radius 1 is 1.71 bits per heavy atom. The van der Waals surface area contributed by atoms with Gasteiger partial charge in [-0.1, -0.05) is 13.8 Å². The Bertz CT molecular complexity index is 282. The molecule has 0 bridgehead atoms. The number of nitrogens with zero attached hydrogens (tertiary/aromatic N) is 2. The van der Waals surface area contributed by atoms with Gasteiger partial charge in [0.25, 0.3) is 0 Å². The third-order valence-electron chi connectivity index (χ3n) is 2.35. The van der Waals surface area contributed by atoms with Crippen molar-refractivity contribution >= 4 is 5.91 Å². The predicted molar refractivity (Wildman–Crippen MR) is 54.5 cm³/mol. The van der Waals surface area contributed by atoms with Gasteiger partial charge in [0, 0.05) is 25.4 Å². The lowest BCUT2D eigenvalue weighted by molar-refractivity contribution is -0.134. The van der Waals surface area contributed by atoms with E-state index in [1.54, 1.807) is 24.3 Å². The van der Waals surface area contributed by atoms with Crippen LogP contribution in [-0.2, 0) is 11.3 Å². The Morgan fingerprint density at radius 3 is 2.93 bits per heavy atom. The van der Waals surface area contributed by atoms with E-state index in [-0.39, 0.29) is 11.8 Å². The van der Waals surface area contributed by atoms with Crippen LogP contribution < -0.4 is 0 Å². The van der Waals surface area contributed by atoms with Crippen LogP contribution in [0.5, 0.6) is 0 Å². The molecule has 1 amide bonds. The molecule has 1 N–H and O–H groups in total. The van der Waals surface area contributed by atoms with Crippen LogP contribution >= 0.6 is 0 Å². The number of imidazole rings is 1. The van der Waals surface area contributed by atoms with Gasteiger partial charge in [-0.05, 0) is 6.42 Å². The first-order valence-corrected chi connectivity index (χ1v) is 4.88. The summed E-state index contributed by atoms with van der Waals surface area (Å²) in [7, 11) is 1.80. The Labute approximate surface area is 84.3 Å². The van der Waals surface area contributed by atoms with Crippen molar-refractivity contribution in [1.29, 1.82) is 0 Å². The lowest BCUT2D eigenvalue weighted by atomic mass is 10.1. The van der Waals surface area contributed by atoms with Crippen molar-refractivity contribution < 1.29 is 4.79 Å². The zero-order valence-corrected chi connectivity index (χ0v) is 8.95. The molecule has 1 heterocycles. The molecule has 0 spiro atoms. The largest absolute Gasteiger partial charge is 0.347 e. The van der Waals surface area contributed by atoms with Gasteiger partial charge >= 0.3 is 0 Å². The molecule has 1 atom stereocenters. The van der Waals surface area contributed by atoms with Gasteiger partial charge in [-0.15, -0.1) is 0 Å². The van der Waals surface area contributed by atoms with Gasteiger partial charge in [0.15, 0.2) is 0 Å². The number of carbonyl (C=O) groups is 1. The summed E-state index contributed by atoms with van der Waals surface area (Å²) in [5.41, 5.74) is 0. The summed E-state index contributed by atoms with van der Waals surface area (Å²) in [5.74, 6) is 1.09. The molecule has 0 aliphatic carbocycles. The van der Waals surface area contributed by atoms with Crippen molar-refractivity contribution in [2.75, 3.05) is 7.05 Å². The molecule has 0 saturated heterocycles. The van der Waals surface area contributed by atoms with E-state index in [9.17, 15) is 4.79 Å². The standard InChI is InChI=1S/C10H17N3O/c1-4-8(2)10(14)13(3)7-9-11-5-6-12-9/h5-6,8H,4,7H2,1-3H3,(H,11,12). The third kappa shape index (κ3) is 2.58. The molecule has 78 valence electrons. The van der Waals surface area contributed by atoms with Crippen molar-refractivity contribution in [1.82, 2.24) is 14.9 Å². The molecule has 0 radical (unpaired) electrons. The highest BCUT2D eigenvalue weighted by atomic mass is 16.2. The Balaban J connectivity index is 2.50. The number of aromatic nitrogens is 2. The van der Waals surface area contributed by atoms with E-state index >= 15 is 0 Å². The Hall–Kier alpha value is -1.32. The van der Waals surface area contributed by atoms with Crippen molar-refractivity contribution in [3.8, 4) is 0 Å². The lowest BCUT2D eigenvalue weighted by Gasteiger charge is -2.19. The van der Waals surface area contributed by atoms with E-state index in [2.05, 4.69) is 9.97 Å². The SMILES string of the molecule is CCC(C)C(=O)N(C)Cc1ncc[nH]1. The second-order valence-corrected chi connectivity index (χ2v) is 3.54. The van der Waals surface area contributed by atoms with Crippen molar-refractivity contribution in [3.05, 3.63) is 18.2 Å². The number of H-pyrrole nitrogens is 1. The third-order valence-corrected chi connectivity index (χ3v) is 2.35. The summed E-state index contributed by atoms with van der Waals surface area (Å²) in [6.45, 7) is 4.51. The van der Waals surface area contributed by atoms with E-state index < -0.39 is 0 Å². The van der Waals surface area contributed by atoms with E-state index in [0.717, 1.165) is 12.2 Å². The highest BCUT2D eigenvalue weighted by Crippen LogP contribution is 2.06. The van der Waals surface area contributed by atoms with Gasteiger partial charge in [-0.25, -0.2) is 4.98 Å². The number of aromatic amines is 1. The van der Waals surface area contributed by atoms with Crippen molar-refractivity contribution in [3.63, 3.8) is 0 Å². The minimum absolute atomic E-state index is 0.0926. The van der Waals surface area contributed by atoms with E-state index in [0.29, 0.717) is 6.54 Å². The van der Waals surface area contributed by atoms with Crippen LogP contribution in [0.25, 0.3) is 0 Å². The first-order chi connectivity index (χ1) is 6.65. The molecule has 0 saturated carbocycles. The van der Waals surface area contributed by atoms with Crippen LogP contribution in [0.4, 0.5) is 0 Å². The summed E-state index contributed by atoms with van der Waals surface area (Å²) in [6.07, 6.45) is 4.33. The van der Waals surface area contributed by atoms with Gasteiger partial charge in [-0.2, -0.15) is 0 Å². The summed E-state index contributed by atoms with van der Waals surface area (Å²) < 4.78 is 0. The number of nitrogens with one attached hydrogen (secondary N) is 1. The molecule has 0 aromatic carbocycles. The van der Waals surface area contributed by atoms with Gasteiger partial charge in [0.1, 0.15) is 5.82 Å². The molecule has 1 unspecified atom stereocenters. The van der Waals surface area contributed by atoms with Crippen LogP contribution in [0.15, 0.2) is 12.4 Å². The number of hydrogen-bond donors (Lipinski definition) is 1. The summed E-state index contributed by atoms with van der Waals surface area (Å²) in [5, 5.41) is 0. The zero-order valence-electron chi connectivity index (χ0n) is 8.95. The van der Waals surface area contributed by atoms with Crippen LogP contribution in [0.3, 0.4) is 0 Å². The molecule has 0 aliphatic rings. The van der Waals surface area contributed by atoms with Crippen molar-refractivity contribution in [2.24, 2.45) is 5.92 Å². The number of rotatable bonds is 4. The number of amides is 1. The minimum atomic E-state index is 0.0926. The molecule has 1 rings (SSSR count). The Kier molecular flexibility index (Phi) is 3.68. The van der Waals surface area contributed by atoms with E-state index in [4.69, 9.17) is 0 Å². The second-order valence-electron chi connectivity index (χ2n) is 3.54. The van der Waals surface area contributed by atoms with Crippen LogP contribution in [0.2, 0.25) is 0 Å². The van der Waals surface area contributed by atoms with Crippen LogP contribution in [-0.4, -0.2) is 27.8 Å². The molecule has 4 heteroatoms. The molecule has 0 aliphatic heterocycles. The highest BCUT2D eigenvalue weighted by molar-refractivity contribution is 5.78. The Morgan fingerprint density at radius 2 is 2.43 bits per heavy atom. The predicted octanol–water partition coefficient (Wildman–Crippen LogP) is 1.41. The smallest absolute Gasteiger partial charge is 0.225 e. The fourth-order valence-corrected chi connectivity index (χ4v) is 1.24. The molecule has 4 nitrogen and oxygen atoms in total. The monoisotopic (exact) mass is 195 g/mol. The molecule has 1 aromatic heterocycles. The maximum Gasteiger partial charge on any atom is 0.225 e. The quantitative estimate of drug-likeness (QED) is 0.789. The first kappa shape index (κ1) is 10.8. The molecule has 14 heavy (non-hydrogen) atoms. The molecular weight excluding hydrogens is 178 g/mol. The number of carbonyl (C=O) groups excluding carboxylic acids is 1. The van der Waals surface area contributed by atoms with Crippen LogP contribution in [0.1, 0.15) is 26.1 Å². The molecule has 0 fully saturated rings. The molecular formula is C10H17N3O. The summed E-state index contributed by atoms with van der Waals surface area (Å²) >= 11 is 0. The minimum Gasteiger partial charge on any atom is -0.347 e. The van der Waals surface area contributed by atoms with Gasteiger partial charge in [0.2, 0.25) is 5.91 Å². The summed E-state index contributed by atoms with van der Waals surface area (Å²) in [4.78, 5) is 20.4. The fourth-order valence-electron chi connectivity index (χ4n) is 1.24. The van der Waals surface area contributed by atoms with Crippen LogP contribution in [0, 0.1) is 5.92 Å². The normalized spacial score (nSPS) is 12.5.